The Morgan fingerprint density at radius 2 is 2.23 bits per heavy atom. The fourth-order valence-corrected chi connectivity index (χ4v) is 4.69. The molecule has 0 aromatic rings. The van der Waals surface area contributed by atoms with Crippen LogP contribution in [-0.2, 0) is 14.4 Å². The molecule has 2 aliphatic heterocycles. The molecule has 4 aliphatic rings. The Labute approximate surface area is 128 Å². The van der Waals surface area contributed by atoms with Gasteiger partial charge in [0.05, 0.1) is 5.71 Å². The quantitative estimate of drug-likeness (QED) is 0.718. The number of carbonyl (C=O) groups excluding carboxylic acids is 1. The summed E-state index contributed by atoms with van der Waals surface area (Å²) in [5.41, 5.74) is -0.111. The molecule has 0 radical (unpaired) electrons. The van der Waals surface area contributed by atoms with Crippen molar-refractivity contribution in [2.75, 3.05) is 0 Å². The molecule has 4 rings (SSSR count). The van der Waals surface area contributed by atoms with Crippen LogP contribution in [-0.4, -0.2) is 39.5 Å². The first-order chi connectivity index (χ1) is 10.3. The van der Waals surface area contributed by atoms with Crippen LogP contribution in [0.15, 0.2) is 28.8 Å². The Morgan fingerprint density at radius 3 is 2.91 bits per heavy atom. The van der Waals surface area contributed by atoms with Gasteiger partial charge in [0.2, 0.25) is 17.1 Å². The van der Waals surface area contributed by atoms with Crippen LogP contribution < -0.4 is 0 Å². The average molecular weight is 305 g/mol. The van der Waals surface area contributed by atoms with Crippen LogP contribution in [0.3, 0.4) is 0 Å². The summed E-state index contributed by atoms with van der Waals surface area (Å²) in [5, 5.41) is 24.9. The number of rotatable bonds is 1. The molecule has 5 atom stereocenters. The third-order valence-corrected chi connectivity index (χ3v) is 5.87. The summed E-state index contributed by atoms with van der Waals surface area (Å²) < 4.78 is 5.94. The van der Waals surface area contributed by atoms with Crippen LogP contribution in [0.4, 0.5) is 0 Å². The van der Waals surface area contributed by atoms with E-state index in [0.29, 0.717) is 12.8 Å². The van der Waals surface area contributed by atoms with Gasteiger partial charge in [-0.2, -0.15) is 0 Å². The number of aliphatic hydroxyl groups is 2. The first kappa shape index (κ1) is 13.8. The molecule has 2 N–H and O–H groups in total. The zero-order valence-corrected chi connectivity index (χ0v) is 12.6. The highest BCUT2D eigenvalue weighted by Gasteiger charge is 2.79. The number of ketones is 1. The molecule has 6 heteroatoms. The highest BCUT2D eigenvalue weighted by Crippen LogP contribution is 2.67. The number of allylic oxidation sites excluding steroid dienone is 2. The second kappa shape index (κ2) is 3.93. The average Bonchev–Trinajstić information content (AvgIpc) is 3.04. The number of nitrogens with zero attached hydrogens (tertiary/aromatic N) is 1. The largest absolute Gasteiger partial charge is 0.502 e. The molecule has 0 aromatic heterocycles. The Kier molecular flexibility index (Phi) is 2.47. The van der Waals surface area contributed by atoms with Gasteiger partial charge in [-0.05, 0) is 32.6 Å². The summed E-state index contributed by atoms with van der Waals surface area (Å²) in [7, 11) is 0. The highest BCUT2D eigenvalue weighted by molar-refractivity contribution is 5.99. The number of carbonyl (C=O) groups is 1. The summed E-state index contributed by atoms with van der Waals surface area (Å²) in [6.45, 7) is 7.87. The second-order valence-electron chi connectivity index (χ2n) is 6.89. The minimum Gasteiger partial charge on any atom is -0.502 e. The molecular formula is C16H19NO5. The number of Topliss-reactive ketones (excluding diaryl/α,β-unsaturated/α-hetero) is 1. The van der Waals surface area contributed by atoms with E-state index in [0.717, 1.165) is 11.3 Å². The Balaban J connectivity index is 1.93. The van der Waals surface area contributed by atoms with Gasteiger partial charge in [0.1, 0.15) is 17.6 Å². The molecule has 6 nitrogen and oxygen atoms in total. The van der Waals surface area contributed by atoms with E-state index in [4.69, 9.17) is 9.57 Å². The third kappa shape index (κ3) is 1.23. The Morgan fingerprint density at radius 1 is 1.50 bits per heavy atom. The maximum absolute atomic E-state index is 11.8. The molecule has 118 valence electrons. The van der Waals surface area contributed by atoms with Gasteiger partial charge in [-0.1, -0.05) is 17.3 Å². The van der Waals surface area contributed by atoms with E-state index in [1.807, 2.05) is 13.8 Å². The fourth-order valence-electron chi connectivity index (χ4n) is 4.69. The van der Waals surface area contributed by atoms with E-state index in [2.05, 4.69) is 11.7 Å². The summed E-state index contributed by atoms with van der Waals surface area (Å²) in [5.74, 6) is -0.659. The number of hydrogen-bond donors (Lipinski definition) is 2. The van der Waals surface area contributed by atoms with Crippen LogP contribution in [0.1, 0.15) is 33.1 Å². The molecule has 0 bridgehead atoms. The third-order valence-electron chi connectivity index (χ3n) is 5.87. The Hall–Kier alpha value is -1.82. The van der Waals surface area contributed by atoms with Gasteiger partial charge in [0, 0.05) is 6.42 Å². The first-order valence-electron chi connectivity index (χ1n) is 7.55. The lowest BCUT2D eigenvalue weighted by Gasteiger charge is -2.40. The maximum Gasteiger partial charge on any atom is 0.238 e. The number of oxime groups is 1. The van der Waals surface area contributed by atoms with Gasteiger partial charge in [-0.15, -0.1) is 0 Å². The lowest BCUT2D eigenvalue weighted by molar-refractivity contribution is -0.147. The van der Waals surface area contributed by atoms with Crippen molar-refractivity contribution in [2.45, 2.75) is 50.9 Å². The van der Waals surface area contributed by atoms with E-state index in [-0.39, 0.29) is 24.2 Å². The van der Waals surface area contributed by atoms with Crippen molar-refractivity contribution in [1.82, 2.24) is 0 Å². The summed E-state index contributed by atoms with van der Waals surface area (Å²) in [6, 6.07) is 0. The predicted molar refractivity (Wildman–Crippen MR) is 77.1 cm³/mol. The van der Waals surface area contributed by atoms with E-state index >= 15 is 0 Å². The van der Waals surface area contributed by atoms with Crippen LogP contribution in [0.25, 0.3) is 0 Å². The van der Waals surface area contributed by atoms with Crippen molar-refractivity contribution in [2.24, 2.45) is 16.5 Å². The lowest BCUT2D eigenvalue weighted by atomic mass is 9.62. The van der Waals surface area contributed by atoms with Crippen molar-refractivity contribution < 1.29 is 24.6 Å². The molecule has 0 aromatic carbocycles. The van der Waals surface area contributed by atoms with Gasteiger partial charge in [-0.3, -0.25) is 4.79 Å². The molecule has 2 heterocycles. The van der Waals surface area contributed by atoms with Gasteiger partial charge in [-0.25, -0.2) is 0 Å². The van der Waals surface area contributed by atoms with Crippen molar-refractivity contribution in [3.63, 3.8) is 0 Å². The molecule has 22 heavy (non-hydrogen) atoms. The van der Waals surface area contributed by atoms with E-state index in [1.165, 1.54) is 0 Å². The zero-order chi connectivity index (χ0) is 15.9. The van der Waals surface area contributed by atoms with Gasteiger partial charge < -0.3 is 19.8 Å². The highest BCUT2D eigenvalue weighted by atomic mass is 16.7. The molecular weight excluding hydrogens is 286 g/mol. The molecule has 1 saturated carbocycles. The summed E-state index contributed by atoms with van der Waals surface area (Å²) >= 11 is 0. The predicted octanol–water partition coefficient (Wildman–Crippen LogP) is 1.61. The van der Waals surface area contributed by atoms with Crippen LogP contribution in [0.5, 0.6) is 0 Å². The SMILES string of the molecule is C=C(C)[C@H]1C[C@@H]2OC3=C(O)C(=O)C[C@@H](O)[C@@]34ON=C(C)[C@@]24C1. The topological polar surface area (TPSA) is 88.4 Å². The molecule has 1 saturated heterocycles. The van der Waals surface area contributed by atoms with Gasteiger partial charge in [0.15, 0.2) is 5.76 Å². The summed E-state index contributed by atoms with van der Waals surface area (Å²) in [6.07, 6.45) is -0.151. The first-order valence-corrected chi connectivity index (χ1v) is 7.55. The van der Waals surface area contributed by atoms with Crippen molar-refractivity contribution in [3.05, 3.63) is 23.7 Å². The standard InChI is InChI=1S/C16H19NO5/c1-7(2)9-4-12-15(6-9)8(3)17-22-16(15)11(19)5-10(18)13(20)14(16)21-12/h9,11-12,19-20H,1,4-6H2,2-3H3/t9-,11+,12-,15-,16+/m0/s1. The molecule has 0 amide bonds. The molecule has 2 aliphatic carbocycles. The van der Waals surface area contributed by atoms with Crippen LogP contribution >= 0.6 is 0 Å². The normalized spacial score (nSPS) is 45.7. The van der Waals surface area contributed by atoms with E-state index in [1.54, 1.807) is 0 Å². The van der Waals surface area contributed by atoms with Gasteiger partial charge >= 0.3 is 0 Å². The van der Waals surface area contributed by atoms with E-state index in [9.17, 15) is 15.0 Å². The Bertz CT molecular complexity index is 665. The van der Waals surface area contributed by atoms with Crippen LogP contribution in [0.2, 0.25) is 0 Å². The van der Waals surface area contributed by atoms with Crippen molar-refractivity contribution in [1.29, 1.82) is 0 Å². The van der Waals surface area contributed by atoms with Gasteiger partial charge in [0.25, 0.3) is 0 Å². The second-order valence-corrected chi connectivity index (χ2v) is 6.89. The fraction of sp³-hybridized carbons (Fsp3) is 0.625. The van der Waals surface area contributed by atoms with Crippen LogP contribution in [0, 0.1) is 11.3 Å². The number of hydrogen-bond acceptors (Lipinski definition) is 6. The minimum absolute atomic E-state index is 0.0574. The number of aliphatic hydroxyl groups excluding tert-OH is 2. The molecule has 2 spiro atoms. The monoisotopic (exact) mass is 305 g/mol. The molecule has 0 unspecified atom stereocenters. The number of ether oxygens (including phenoxy) is 1. The van der Waals surface area contributed by atoms with E-state index < -0.39 is 28.7 Å². The smallest absolute Gasteiger partial charge is 0.238 e. The maximum atomic E-state index is 11.8. The minimum atomic E-state index is -1.27. The summed E-state index contributed by atoms with van der Waals surface area (Å²) in [4.78, 5) is 17.5. The van der Waals surface area contributed by atoms with Crippen molar-refractivity contribution >= 4 is 11.5 Å². The zero-order valence-electron chi connectivity index (χ0n) is 12.6. The van der Waals surface area contributed by atoms with Crippen molar-refractivity contribution in [3.8, 4) is 0 Å². The lowest BCUT2D eigenvalue weighted by Crippen LogP contribution is -2.59. The molecule has 2 fully saturated rings.